The van der Waals surface area contributed by atoms with Crippen LogP contribution in [0.1, 0.15) is 42.1 Å². The predicted molar refractivity (Wildman–Crippen MR) is 106 cm³/mol. The molecular formula is C20H22FN3O3S. The molecule has 0 spiro atoms. The Kier molecular flexibility index (Phi) is 6.08. The van der Waals surface area contributed by atoms with Gasteiger partial charge in [0.25, 0.3) is 5.91 Å². The normalized spacial score (nSPS) is 12.1. The molecule has 0 radical (unpaired) electrons. The fourth-order valence-electron chi connectivity index (χ4n) is 2.93. The lowest BCUT2D eigenvalue weighted by atomic mass is 10.2. The van der Waals surface area contributed by atoms with E-state index < -0.39 is 5.97 Å². The Balaban J connectivity index is 1.73. The topological polar surface area (TPSA) is 73.2 Å². The number of ether oxygens (including phenoxy) is 1. The highest BCUT2D eigenvalue weighted by molar-refractivity contribution is 7.20. The van der Waals surface area contributed by atoms with E-state index in [4.69, 9.17) is 4.74 Å². The second kappa shape index (κ2) is 8.52. The fraction of sp³-hybridized carbons (Fsp3) is 0.350. The van der Waals surface area contributed by atoms with Gasteiger partial charge in [0.2, 0.25) is 0 Å². The maximum atomic E-state index is 13.2. The third-order valence-corrected chi connectivity index (χ3v) is 5.37. The molecule has 0 aliphatic carbocycles. The smallest absolute Gasteiger partial charge is 0.348 e. The van der Waals surface area contributed by atoms with Crippen LogP contribution in [0.3, 0.4) is 0 Å². The minimum absolute atomic E-state index is 0.0462. The number of fused-ring (bicyclic) bond motifs is 1. The van der Waals surface area contributed by atoms with E-state index in [0.717, 1.165) is 28.8 Å². The van der Waals surface area contributed by atoms with Gasteiger partial charge >= 0.3 is 5.97 Å². The van der Waals surface area contributed by atoms with Gasteiger partial charge in [-0.1, -0.05) is 13.3 Å². The van der Waals surface area contributed by atoms with Gasteiger partial charge in [-0.2, -0.15) is 5.10 Å². The third kappa shape index (κ3) is 4.39. The van der Waals surface area contributed by atoms with E-state index in [1.165, 1.54) is 23.5 Å². The zero-order valence-electron chi connectivity index (χ0n) is 16.0. The van der Waals surface area contributed by atoms with Gasteiger partial charge in [0.1, 0.15) is 15.5 Å². The van der Waals surface area contributed by atoms with Gasteiger partial charge in [-0.05, 0) is 50.6 Å². The summed E-state index contributed by atoms with van der Waals surface area (Å²) in [7, 11) is 0. The van der Waals surface area contributed by atoms with Gasteiger partial charge in [-0.25, -0.2) is 13.9 Å². The van der Waals surface area contributed by atoms with Crippen molar-refractivity contribution >= 4 is 33.4 Å². The molecule has 1 N–H and O–H groups in total. The number of benzene rings is 1. The number of rotatable bonds is 7. The molecule has 1 aromatic carbocycles. The number of carbonyl (C=O) groups excluding carboxylic acids is 2. The number of aromatic nitrogens is 2. The molecule has 0 unspecified atom stereocenters. The summed E-state index contributed by atoms with van der Waals surface area (Å²) in [5, 5.41) is 8.08. The first kappa shape index (κ1) is 20.0. The van der Waals surface area contributed by atoms with Gasteiger partial charge in [0.05, 0.1) is 11.4 Å². The predicted octanol–water partition coefficient (Wildman–Crippen LogP) is 4.00. The van der Waals surface area contributed by atoms with Crippen molar-refractivity contribution in [1.29, 1.82) is 0 Å². The average Bonchev–Trinajstić information content (AvgIpc) is 3.21. The highest BCUT2D eigenvalue weighted by Gasteiger charge is 2.19. The van der Waals surface area contributed by atoms with Crippen LogP contribution in [0.15, 0.2) is 30.3 Å². The zero-order chi connectivity index (χ0) is 20.3. The van der Waals surface area contributed by atoms with Crippen LogP contribution in [-0.2, 0) is 9.53 Å². The van der Waals surface area contributed by atoms with Crippen LogP contribution < -0.4 is 5.32 Å². The van der Waals surface area contributed by atoms with Crippen molar-refractivity contribution in [2.45, 2.75) is 39.7 Å². The number of esters is 1. The Morgan fingerprint density at radius 1 is 1.32 bits per heavy atom. The van der Waals surface area contributed by atoms with Gasteiger partial charge in [-0.3, -0.25) is 4.79 Å². The number of amides is 1. The van der Waals surface area contributed by atoms with Crippen LogP contribution in [0.4, 0.5) is 4.39 Å². The molecule has 0 fully saturated rings. The Morgan fingerprint density at radius 3 is 2.71 bits per heavy atom. The maximum absolute atomic E-state index is 13.2. The third-order valence-electron chi connectivity index (χ3n) is 4.28. The van der Waals surface area contributed by atoms with E-state index in [-0.39, 0.29) is 24.4 Å². The summed E-state index contributed by atoms with van der Waals surface area (Å²) in [5.74, 6) is -1.19. The van der Waals surface area contributed by atoms with Crippen molar-refractivity contribution in [1.82, 2.24) is 15.1 Å². The number of halogens is 1. The lowest BCUT2D eigenvalue weighted by molar-refractivity contribution is -0.124. The number of nitrogens with zero attached hydrogens (tertiary/aromatic N) is 2. The molecule has 6 nitrogen and oxygen atoms in total. The summed E-state index contributed by atoms with van der Waals surface area (Å²) in [6, 6.07) is 7.73. The van der Waals surface area contributed by atoms with Crippen molar-refractivity contribution < 1.29 is 18.7 Å². The van der Waals surface area contributed by atoms with Crippen LogP contribution in [-0.4, -0.2) is 34.3 Å². The van der Waals surface area contributed by atoms with E-state index in [2.05, 4.69) is 10.4 Å². The van der Waals surface area contributed by atoms with E-state index in [9.17, 15) is 14.0 Å². The molecule has 3 aromatic rings. The summed E-state index contributed by atoms with van der Waals surface area (Å²) in [6.07, 6.45) is 1.84. The molecule has 1 atom stereocenters. The SMILES string of the molecule is CCC[C@H](C)NC(=O)COC(=O)c1cc2c(C)nn(-c3ccc(F)cc3)c2s1. The van der Waals surface area contributed by atoms with Gasteiger partial charge in [-0.15, -0.1) is 11.3 Å². The number of hydrogen-bond donors (Lipinski definition) is 1. The van der Waals surface area contributed by atoms with E-state index in [0.29, 0.717) is 10.6 Å². The van der Waals surface area contributed by atoms with Crippen molar-refractivity contribution in [3.8, 4) is 5.69 Å². The molecule has 28 heavy (non-hydrogen) atoms. The molecule has 8 heteroatoms. The molecule has 3 rings (SSSR count). The lowest BCUT2D eigenvalue weighted by Gasteiger charge is -2.12. The molecule has 0 saturated heterocycles. The van der Waals surface area contributed by atoms with Crippen LogP contribution >= 0.6 is 11.3 Å². The highest BCUT2D eigenvalue weighted by atomic mass is 32.1. The molecule has 2 heterocycles. The molecular weight excluding hydrogens is 381 g/mol. The largest absolute Gasteiger partial charge is 0.451 e. The van der Waals surface area contributed by atoms with Crippen LogP contribution in [0.25, 0.3) is 15.9 Å². The Morgan fingerprint density at radius 2 is 2.04 bits per heavy atom. The summed E-state index contributed by atoms with van der Waals surface area (Å²) >= 11 is 1.23. The second-order valence-electron chi connectivity index (χ2n) is 6.64. The van der Waals surface area contributed by atoms with Crippen molar-refractivity contribution in [3.63, 3.8) is 0 Å². The number of nitrogens with one attached hydrogen (secondary N) is 1. The van der Waals surface area contributed by atoms with Crippen molar-refractivity contribution in [2.75, 3.05) is 6.61 Å². The number of thiophene rings is 1. The summed E-state index contributed by atoms with van der Waals surface area (Å²) in [4.78, 5) is 25.4. The monoisotopic (exact) mass is 403 g/mol. The fourth-order valence-corrected chi connectivity index (χ4v) is 4.01. The van der Waals surface area contributed by atoms with Gasteiger partial charge < -0.3 is 10.1 Å². The summed E-state index contributed by atoms with van der Waals surface area (Å²) in [5.41, 5.74) is 1.45. The first-order chi connectivity index (χ1) is 13.4. The van der Waals surface area contributed by atoms with Crippen LogP contribution in [0, 0.1) is 12.7 Å². The van der Waals surface area contributed by atoms with Crippen molar-refractivity contribution in [3.05, 3.63) is 46.7 Å². The minimum Gasteiger partial charge on any atom is -0.451 e. The standard InChI is InChI=1S/C20H22FN3O3S/c1-4-5-12(2)22-18(25)11-27-20(26)17-10-16-13(3)23-24(19(16)28-17)15-8-6-14(21)7-9-15/h6-10,12H,4-5,11H2,1-3H3,(H,22,25)/t12-/m0/s1. The quantitative estimate of drug-likeness (QED) is 0.605. The molecule has 0 aliphatic rings. The van der Waals surface area contributed by atoms with Crippen LogP contribution in [0.5, 0.6) is 0 Å². The van der Waals surface area contributed by atoms with Crippen molar-refractivity contribution in [2.24, 2.45) is 0 Å². The Hall–Kier alpha value is -2.74. The van der Waals surface area contributed by atoms with E-state index in [1.807, 2.05) is 20.8 Å². The molecule has 1 amide bonds. The molecule has 148 valence electrons. The highest BCUT2D eigenvalue weighted by Crippen LogP contribution is 2.30. The van der Waals surface area contributed by atoms with Gasteiger partial charge in [0, 0.05) is 11.4 Å². The Labute approximate surface area is 166 Å². The maximum Gasteiger partial charge on any atom is 0.348 e. The summed E-state index contributed by atoms with van der Waals surface area (Å²) in [6.45, 7) is 5.48. The van der Waals surface area contributed by atoms with E-state index >= 15 is 0 Å². The lowest BCUT2D eigenvalue weighted by Crippen LogP contribution is -2.35. The number of hydrogen-bond acceptors (Lipinski definition) is 5. The average molecular weight is 403 g/mol. The molecule has 2 aromatic heterocycles. The van der Waals surface area contributed by atoms with E-state index in [1.54, 1.807) is 22.9 Å². The summed E-state index contributed by atoms with van der Waals surface area (Å²) < 4.78 is 20.0. The number of carbonyl (C=O) groups is 2. The molecule has 0 aliphatic heterocycles. The molecule has 0 saturated carbocycles. The first-order valence-corrected chi connectivity index (χ1v) is 9.92. The Bertz CT molecular complexity index is 994. The number of aryl methyl sites for hydroxylation is 1. The second-order valence-corrected chi connectivity index (χ2v) is 7.67. The minimum atomic E-state index is -0.551. The van der Waals surface area contributed by atoms with Crippen LogP contribution in [0.2, 0.25) is 0 Å². The molecule has 0 bridgehead atoms. The first-order valence-electron chi connectivity index (χ1n) is 9.10. The van der Waals surface area contributed by atoms with Gasteiger partial charge in [0.15, 0.2) is 6.61 Å². The zero-order valence-corrected chi connectivity index (χ0v) is 16.8.